The summed E-state index contributed by atoms with van der Waals surface area (Å²) < 4.78 is 18.8. The van der Waals surface area contributed by atoms with Gasteiger partial charge in [-0.1, -0.05) is 18.2 Å². The Bertz CT molecular complexity index is 572. The van der Waals surface area contributed by atoms with Crippen LogP contribution in [0.1, 0.15) is 18.2 Å². The predicted octanol–water partition coefficient (Wildman–Crippen LogP) is 2.04. The van der Waals surface area contributed by atoms with Crippen LogP contribution in [0.5, 0.6) is 5.88 Å². The Labute approximate surface area is 111 Å². The second kappa shape index (κ2) is 5.32. The number of nitrogens with two attached hydrogens (primary N) is 1. The molecule has 1 atom stereocenters. The lowest BCUT2D eigenvalue weighted by Crippen LogP contribution is -2.37. The van der Waals surface area contributed by atoms with Crippen molar-refractivity contribution in [3.05, 3.63) is 53.7 Å². The van der Waals surface area contributed by atoms with Crippen molar-refractivity contribution >= 4 is 0 Å². The molecule has 1 unspecified atom stereocenters. The van der Waals surface area contributed by atoms with Crippen molar-refractivity contribution in [2.75, 3.05) is 7.11 Å². The van der Waals surface area contributed by atoms with E-state index in [4.69, 9.17) is 10.5 Å². The third-order valence-electron chi connectivity index (χ3n) is 2.91. The van der Waals surface area contributed by atoms with Gasteiger partial charge in [-0.3, -0.25) is 4.98 Å². The van der Waals surface area contributed by atoms with Gasteiger partial charge in [-0.05, 0) is 25.0 Å². The van der Waals surface area contributed by atoms with Crippen molar-refractivity contribution < 1.29 is 9.13 Å². The van der Waals surface area contributed by atoms with Crippen molar-refractivity contribution in [2.45, 2.75) is 18.9 Å². The lowest BCUT2D eigenvalue weighted by molar-refractivity contribution is 0.361. The highest BCUT2D eigenvalue weighted by atomic mass is 19.1. The summed E-state index contributed by atoms with van der Waals surface area (Å²) in [5, 5.41) is 0. The zero-order chi connectivity index (χ0) is 13.9. The molecular weight excluding hydrogens is 245 g/mol. The third kappa shape index (κ3) is 2.88. The maximum atomic E-state index is 13.7. The summed E-state index contributed by atoms with van der Waals surface area (Å²) in [7, 11) is 1.51. The second-order valence-electron chi connectivity index (χ2n) is 4.60. The largest absolute Gasteiger partial charge is 0.480 e. The van der Waals surface area contributed by atoms with Crippen LogP contribution in [0.25, 0.3) is 0 Å². The minimum absolute atomic E-state index is 0.276. The number of ether oxygens (including phenoxy) is 1. The van der Waals surface area contributed by atoms with Crippen LogP contribution in [0.15, 0.2) is 36.7 Å². The first-order valence-electron chi connectivity index (χ1n) is 5.92. The number of aromatic nitrogens is 2. The standard InChI is InChI=1S/C14H16FN3O/c1-14(16,9-10-5-3-4-6-11(10)15)12-13(19-2)18-8-7-17-12/h3-8H,9,16H2,1-2H3. The van der Waals surface area contributed by atoms with Crippen LogP contribution >= 0.6 is 0 Å². The highest BCUT2D eigenvalue weighted by Gasteiger charge is 2.28. The lowest BCUT2D eigenvalue weighted by Gasteiger charge is -2.25. The van der Waals surface area contributed by atoms with Crippen molar-refractivity contribution in [2.24, 2.45) is 5.73 Å². The van der Waals surface area contributed by atoms with E-state index in [0.717, 1.165) is 0 Å². The quantitative estimate of drug-likeness (QED) is 0.915. The van der Waals surface area contributed by atoms with Crippen LogP contribution in [0, 0.1) is 5.82 Å². The van der Waals surface area contributed by atoms with Gasteiger partial charge in [0.15, 0.2) is 0 Å². The molecular formula is C14H16FN3O. The summed E-state index contributed by atoms with van der Waals surface area (Å²) in [6.45, 7) is 1.78. The predicted molar refractivity (Wildman–Crippen MR) is 70.2 cm³/mol. The minimum atomic E-state index is -0.859. The van der Waals surface area contributed by atoms with E-state index in [1.54, 1.807) is 31.3 Å². The smallest absolute Gasteiger partial charge is 0.237 e. The van der Waals surface area contributed by atoms with Gasteiger partial charge in [-0.25, -0.2) is 9.37 Å². The van der Waals surface area contributed by atoms with E-state index >= 15 is 0 Å². The average Bonchev–Trinajstić information content (AvgIpc) is 2.41. The summed E-state index contributed by atoms with van der Waals surface area (Å²) in [6.07, 6.45) is 3.39. The molecule has 0 aliphatic rings. The summed E-state index contributed by atoms with van der Waals surface area (Å²) in [4.78, 5) is 8.28. The van der Waals surface area contributed by atoms with Crippen LogP contribution in [0.2, 0.25) is 0 Å². The summed E-state index contributed by atoms with van der Waals surface area (Å²) in [5.41, 5.74) is 6.46. The highest BCUT2D eigenvalue weighted by molar-refractivity contribution is 5.29. The first-order chi connectivity index (χ1) is 9.04. The fourth-order valence-corrected chi connectivity index (χ4v) is 1.99. The van der Waals surface area contributed by atoms with Crippen LogP contribution in [0.4, 0.5) is 4.39 Å². The van der Waals surface area contributed by atoms with Gasteiger partial charge in [-0.2, -0.15) is 0 Å². The molecule has 0 aliphatic carbocycles. The Morgan fingerprint density at radius 1 is 1.26 bits per heavy atom. The normalized spacial score (nSPS) is 13.9. The number of nitrogens with zero attached hydrogens (tertiary/aromatic N) is 2. The van der Waals surface area contributed by atoms with Crippen molar-refractivity contribution in [1.82, 2.24) is 9.97 Å². The van der Waals surface area contributed by atoms with E-state index in [2.05, 4.69) is 9.97 Å². The lowest BCUT2D eigenvalue weighted by atomic mass is 9.90. The van der Waals surface area contributed by atoms with Gasteiger partial charge in [0.25, 0.3) is 0 Å². The van der Waals surface area contributed by atoms with Gasteiger partial charge in [-0.15, -0.1) is 0 Å². The van der Waals surface area contributed by atoms with Crippen LogP contribution in [0.3, 0.4) is 0 Å². The first kappa shape index (κ1) is 13.4. The van der Waals surface area contributed by atoms with Gasteiger partial charge >= 0.3 is 0 Å². The average molecular weight is 261 g/mol. The number of halogens is 1. The molecule has 2 aromatic rings. The van der Waals surface area contributed by atoms with Gasteiger partial charge < -0.3 is 10.5 Å². The number of hydrogen-bond acceptors (Lipinski definition) is 4. The number of rotatable bonds is 4. The molecule has 2 N–H and O–H groups in total. The molecule has 0 saturated carbocycles. The summed E-state index contributed by atoms with van der Waals surface area (Å²) >= 11 is 0. The molecule has 0 aliphatic heterocycles. The molecule has 5 heteroatoms. The Morgan fingerprint density at radius 3 is 2.63 bits per heavy atom. The van der Waals surface area contributed by atoms with Crippen LogP contribution in [-0.4, -0.2) is 17.1 Å². The van der Waals surface area contributed by atoms with Crippen molar-refractivity contribution in [3.8, 4) is 5.88 Å². The number of methoxy groups -OCH3 is 1. The molecule has 100 valence electrons. The molecule has 0 bridgehead atoms. The summed E-state index contributed by atoms with van der Waals surface area (Å²) in [6, 6.07) is 6.56. The Hall–Kier alpha value is -2.01. The molecule has 0 spiro atoms. The van der Waals surface area contributed by atoms with Gasteiger partial charge in [0.1, 0.15) is 11.5 Å². The number of benzene rings is 1. The number of hydrogen-bond donors (Lipinski definition) is 1. The van der Waals surface area contributed by atoms with Gasteiger partial charge in [0.05, 0.1) is 12.6 Å². The minimum Gasteiger partial charge on any atom is -0.480 e. The highest BCUT2D eigenvalue weighted by Crippen LogP contribution is 2.27. The van der Waals surface area contributed by atoms with E-state index in [1.807, 2.05) is 0 Å². The Kier molecular flexibility index (Phi) is 3.76. The topological polar surface area (TPSA) is 61.0 Å². The monoisotopic (exact) mass is 261 g/mol. The SMILES string of the molecule is COc1nccnc1C(C)(N)Cc1ccccc1F. The molecule has 1 aromatic heterocycles. The fourth-order valence-electron chi connectivity index (χ4n) is 1.99. The van der Waals surface area contributed by atoms with E-state index in [9.17, 15) is 4.39 Å². The molecule has 2 rings (SSSR count). The molecule has 0 radical (unpaired) electrons. The van der Waals surface area contributed by atoms with Crippen molar-refractivity contribution in [1.29, 1.82) is 0 Å². The van der Waals surface area contributed by atoms with Gasteiger partial charge in [0.2, 0.25) is 5.88 Å². The van der Waals surface area contributed by atoms with E-state index in [1.165, 1.54) is 19.4 Å². The Morgan fingerprint density at radius 2 is 1.95 bits per heavy atom. The molecule has 0 fully saturated rings. The molecule has 1 heterocycles. The second-order valence-corrected chi connectivity index (χ2v) is 4.60. The molecule has 1 aromatic carbocycles. The van der Waals surface area contributed by atoms with Crippen LogP contribution < -0.4 is 10.5 Å². The Balaban J connectivity index is 2.35. The summed E-state index contributed by atoms with van der Waals surface area (Å²) in [5.74, 6) is 0.0888. The van der Waals surface area contributed by atoms with E-state index in [-0.39, 0.29) is 5.82 Å². The maximum Gasteiger partial charge on any atom is 0.237 e. The molecule has 0 saturated heterocycles. The van der Waals surface area contributed by atoms with Crippen molar-refractivity contribution in [3.63, 3.8) is 0 Å². The van der Waals surface area contributed by atoms with E-state index < -0.39 is 5.54 Å². The maximum absolute atomic E-state index is 13.7. The van der Waals surface area contributed by atoms with E-state index in [0.29, 0.717) is 23.6 Å². The first-order valence-corrected chi connectivity index (χ1v) is 5.92. The molecule has 4 nitrogen and oxygen atoms in total. The van der Waals surface area contributed by atoms with Crippen LogP contribution in [-0.2, 0) is 12.0 Å². The third-order valence-corrected chi connectivity index (χ3v) is 2.91. The zero-order valence-corrected chi connectivity index (χ0v) is 10.9. The molecule has 0 amide bonds. The van der Waals surface area contributed by atoms with Gasteiger partial charge in [0, 0.05) is 12.4 Å². The fraction of sp³-hybridized carbons (Fsp3) is 0.286. The molecule has 19 heavy (non-hydrogen) atoms. The zero-order valence-electron chi connectivity index (χ0n) is 10.9.